The van der Waals surface area contributed by atoms with Crippen LogP contribution in [0.4, 0.5) is 5.69 Å². The first-order chi connectivity index (χ1) is 9.15. The molecule has 2 aromatic carbocycles. The van der Waals surface area contributed by atoms with Gasteiger partial charge in [-0.3, -0.25) is 4.55 Å². The van der Waals surface area contributed by atoms with E-state index in [9.17, 15) is 16.8 Å². The number of sulfone groups is 1. The maximum absolute atomic E-state index is 11.9. The Labute approximate surface area is 116 Å². The van der Waals surface area contributed by atoms with E-state index in [2.05, 4.69) is 6.58 Å². The van der Waals surface area contributed by atoms with Crippen molar-refractivity contribution in [3.8, 4) is 0 Å². The molecular formula is C12H10NO5S2. The van der Waals surface area contributed by atoms with Crippen molar-refractivity contribution in [2.45, 2.75) is 9.79 Å². The normalized spacial score (nSPS) is 12.4. The standard InChI is InChI=1S/C12H10NO5S2/c1-2-19(14,15)12-7-10(20(16,17)18)5-8-3-4-9(13)6-11(8)12/h2-7,13H,1H2,(H,16,17,18). The third-order valence-corrected chi connectivity index (χ3v) is 4.93. The Bertz CT molecular complexity index is 914. The summed E-state index contributed by atoms with van der Waals surface area (Å²) in [6.07, 6.45) is 0. The van der Waals surface area contributed by atoms with E-state index in [1.165, 1.54) is 18.2 Å². The molecule has 105 valence electrons. The lowest BCUT2D eigenvalue weighted by Gasteiger charge is -2.08. The van der Waals surface area contributed by atoms with E-state index >= 15 is 0 Å². The van der Waals surface area contributed by atoms with Crippen LogP contribution in [0, 0.1) is 0 Å². The van der Waals surface area contributed by atoms with Gasteiger partial charge in [0.2, 0.25) is 0 Å². The fraction of sp³-hybridized carbons (Fsp3) is 0. The van der Waals surface area contributed by atoms with Crippen LogP contribution < -0.4 is 5.73 Å². The third-order valence-electron chi connectivity index (χ3n) is 2.71. The van der Waals surface area contributed by atoms with E-state index in [-0.39, 0.29) is 21.4 Å². The van der Waals surface area contributed by atoms with E-state index in [1.807, 2.05) is 0 Å². The molecule has 0 atom stereocenters. The maximum atomic E-state index is 11.9. The molecule has 2 aromatic rings. The zero-order valence-corrected chi connectivity index (χ0v) is 11.7. The molecule has 0 amide bonds. The maximum Gasteiger partial charge on any atom is 0.294 e. The molecule has 0 bridgehead atoms. The molecule has 8 heteroatoms. The molecule has 0 aliphatic rings. The first kappa shape index (κ1) is 14.5. The monoisotopic (exact) mass is 312 g/mol. The van der Waals surface area contributed by atoms with Gasteiger partial charge < -0.3 is 5.73 Å². The first-order valence-corrected chi connectivity index (χ1v) is 8.28. The molecule has 1 radical (unpaired) electrons. The SMILES string of the molecule is C=CS(=O)(=O)c1cc(S(=O)(=O)O)cc2ccc([NH])cc12. The van der Waals surface area contributed by atoms with Gasteiger partial charge in [0.1, 0.15) is 0 Å². The quantitative estimate of drug-likeness (QED) is 0.870. The highest BCUT2D eigenvalue weighted by Crippen LogP contribution is 2.30. The summed E-state index contributed by atoms with van der Waals surface area (Å²) in [5, 5.41) is 1.17. The first-order valence-electron chi connectivity index (χ1n) is 5.29. The Kier molecular flexibility index (Phi) is 3.32. The van der Waals surface area contributed by atoms with Crippen molar-refractivity contribution >= 4 is 36.4 Å². The number of hydrogen-bond acceptors (Lipinski definition) is 4. The van der Waals surface area contributed by atoms with Crippen molar-refractivity contribution in [3.63, 3.8) is 0 Å². The second kappa shape index (κ2) is 4.58. The van der Waals surface area contributed by atoms with Gasteiger partial charge in [-0.05, 0) is 29.7 Å². The predicted octanol–water partition coefficient (Wildman–Crippen LogP) is 1.92. The largest absolute Gasteiger partial charge is 0.301 e. The number of rotatable bonds is 3. The molecule has 0 spiro atoms. The number of fused-ring (bicyclic) bond motifs is 1. The van der Waals surface area contributed by atoms with E-state index in [0.717, 1.165) is 12.1 Å². The smallest absolute Gasteiger partial charge is 0.294 e. The van der Waals surface area contributed by atoms with E-state index in [0.29, 0.717) is 5.41 Å². The molecule has 0 saturated heterocycles. The molecule has 0 saturated carbocycles. The van der Waals surface area contributed by atoms with Gasteiger partial charge in [-0.1, -0.05) is 12.6 Å². The fourth-order valence-corrected chi connectivity index (χ4v) is 3.34. The Morgan fingerprint density at radius 2 is 1.75 bits per heavy atom. The Hall–Kier alpha value is -1.90. The minimum Gasteiger partial charge on any atom is -0.301 e. The highest BCUT2D eigenvalue weighted by Gasteiger charge is 2.20. The van der Waals surface area contributed by atoms with E-state index in [4.69, 9.17) is 10.3 Å². The molecule has 0 fully saturated rings. The van der Waals surface area contributed by atoms with Crippen LogP contribution in [-0.4, -0.2) is 21.4 Å². The summed E-state index contributed by atoms with van der Waals surface area (Å²) in [4.78, 5) is -0.838. The average Bonchev–Trinajstić information content (AvgIpc) is 2.36. The Morgan fingerprint density at radius 1 is 1.10 bits per heavy atom. The van der Waals surface area contributed by atoms with Crippen LogP contribution >= 0.6 is 0 Å². The second-order valence-electron chi connectivity index (χ2n) is 4.04. The van der Waals surface area contributed by atoms with E-state index in [1.54, 1.807) is 0 Å². The van der Waals surface area contributed by atoms with Crippen molar-refractivity contribution in [3.05, 3.63) is 42.3 Å². The van der Waals surface area contributed by atoms with Crippen LogP contribution in [0.15, 0.2) is 52.1 Å². The average molecular weight is 312 g/mol. The van der Waals surface area contributed by atoms with Crippen molar-refractivity contribution in [1.82, 2.24) is 5.73 Å². The van der Waals surface area contributed by atoms with Gasteiger partial charge in [0, 0.05) is 10.8 Å². The van der Waals surface area contributed by atoms with Gasteiger partial charge in [-0.25, -0.2) is 8.42 Å². The molecule has 0 heterocycles. The Morgan fingerprint density at radius 3 is 2.30 bits per heavy atom. The lowest BCUT2D eigenvalue weighted by molar-refractivity contribution is 0.483. The van der Waals surface area contributed by atoms with Gasteiger partial charge in [-0.15, -0.1) is 0 Å². The summed E-state index contributed by atoms with van der Waals surface area (Å²) >= 11 is 0. The van der Waals surface area contributed by atoms with Crippen LogP contribution in [0.1, 0.15) is 0 Å². The Balaban J connectivity index is 3.03. The lowest BCUT2D eigenvalue weighted by atomic mass is 10.1. The third kappa shape index (κ3) is 2.53. The van der Waals surface area contributed by atoms with Gasteiger partial charge >= 0.3 is 0 Å². The molecule has 0 aromatic heterocycles. The van der Waals surface area contributed by atoms with Gasteiger partial charge in [0.25, 0.3) is 10.1 Å². The van der Waals surface area contributed by atoms with Crippen LogP contribution in [-0.2, 0) is 20.0 Å². The summed E-state index contributed by atoms with van der Waals surface area (Å²) in [6.45, 7) is 3.18. The minimum absolute atomic E-state index is 0.0811. The molecule has 2 rings (SSSR count). The van der Waals surface area contributed by atoms with Gasteiger partial charge in [0.15, 0.2) is 9.84 Å². The summed E-state index contributed by atoms with van der Waals surface area (Å²) in [5.41, 5.74) is 7.60. The van der Waals surface area contributed by atoms with Crippen molar-refractivity contribution in [2.24, 2.45) is 0 Å². The van der Waals surface area contributed by atoms with Crippen LogP contribution in [0.2, 0.25) is 0 Å². The number of nitrogens with one attached hydrogen (secondary N) is 1. The zero-order valence-electron chi connectivity index (χ0n) is 10.1. The minimum atomic E-state index is -4.54. The predicted molar refractivity (Wildman–Crippen MR) is 73.9 cm³/mol. The van der Waals surface area contributed by atoms with Crippen molar-refractivity contribution < 1.29 is 21.4 Å². The molecule has 0 aliphatic heterocycles. The van der Waals surface area contributed by atoms with E-state index < -0.39 is 24.9 Å². The van der Waals surface area contributed by atoms with Crippen molar-refractivity contribution in [1.29, 1.82) is 0 Å². The van der Waals surface area contributed by atoms with Crippen molar-refractivity contribution in [2.75, 3.05) is 0 Å². The van der Waals surface area contributed by atoms with Gasteiger partial charge in [-0.2, -0.15) is 8.42 Å². The van der Waals surface area contributed by atoms with Crippen LogP contribution in [0.5, 0.6) is 0 Å². The molecule has 0 aliphatic carbocycles. The summed E-state index contributed by atoms with van der Waals surface area (Å²) in [6, 6.07) is 6.11. The zero-order chi connectivity index (χ0) is 15.1. The highest BCUT2D eigenvalue weighted by molar-refractivity contribution is 7.94. The fourth-order valence-electron chi connectivity index (χ4n) is 1.77. The summed E-state index contributed by atoms with van der Waals surface area (Å²) in [5.74, 6) is 0. The topological polar surface area (TPSA) is 112 Å². The summed E-state index contributed by atoms with van der Waals surface area (Å²) < 4.78 is 55.4. The molecule has 20 heavy (non-hydrogen) atoms. The second-order valence-corrected chi connectivity index (χ2v) is 7.33. The highest BCUT2D eigenvalue weighted by atomic mass is 32.2. The number of benzene rings is 2. The molecule has 0 unspecified atom stereocenters. The van der Waals surface area contributed by atoms with Crippen LogP contribution in [0.25, 0.3) is 10.8 Å². The van der Waals surface area contributed by atoms with Crippen LogP contribution in [0.3, 0.4) is 0 Å². The lowest BCUT2D eigenvalue weighted by Crippen LogP contribution is -2.03. The number of hydrogen-bond donors (Lipinski definition) is 1. The molecule has 6 nitrogen and oxygen atoms in total. The summed E-state index contributed by atoms with van der Waals surface area (Å²) in [7, 11) is -8.46. The molecule has 2 N–H and O–H groups in total. The molecular weight excluding hydrogens is 302 g/mol. The van der Waals surface area contributed by atoms with Gasteiger partial charge in [0.05, 0.1) is 15.5 Å².